The highest BCUT2D eigenvalue weighted by Gasteiger charge is 2.31. The maximum Gasteiger partial charge on any atom is 0.245 e. The number of piperazine rings is 1. The van der Waals surface area contributed by atoms with E-state index in [0.717, 1.165) is 13.1 Å². The fourth-order valence-electron chi connectivity index (χ4n) is 2.38. The third kappa shape index (κ3) is 2.64. The summed E-state index contributed by atoms with van der Waals surface area (Å²) in [6.07, 6.45) is 1.42. The van der Waals surface area contributed by atoms with Crippen molar-refractivity contribution in [1.29, 1.82) is 0 Å². The molecule has 21 heavy (non-hydrogen) atoms. The topological polar surface area (TPSA) is 97.2 Å². The van der Waals surface area contributed by atoms with Gasteiger partial charge in [0.2, 0.25) is 5.89 Å². The lowest BCUT2D eigenvalue weighted by atomic mass is 10.1. The van der Waals surface area contributed by atoms with E-state index >= 15 is 0 Å². The summed E-state index contributed by atoms with van der Waals surface area (Å²) >= 11 is 6.20. The first-order chi connectivity index (χ1) is 10.1. The summed E-state index contributed by atoms with van der Waals surface area (Å²) in [4.78, 5) is 16.7. The number of halogens is 1. The number of rotatable bonds is 2. The molecule has 0 unspecified atom stereocenters. The van der Waals surface area contributed by atoms with Crippen molar-refractivity contribution in [3.05, 3.63) is 23.1 Å². The Morgan fingerprint density at radius 2 is 2.19 bits per heavy atom. The standard InChI is InChI=1S/C12H16ClN7O/c1-7-17-12(21-18-7)8-5-20(4-3-19(8)2)11-9(13)10(14)15-6-16-11/h6,8H,3-5H2,1-2H3,(H2,14,15,16)/t8-/m0/s1. The molecular formula is C12H16ClN7O. The van der Waals surface area contributed by atoms with Crippen LogP contribution in [-0.2, 0) is 0 Å². The summed E-state index contributed by atoms with van der Waals surface area (Å²) in [5, 5.41) is 4.23. The first kappa shape index (κ1) is 14.0. The van der Waals surface area contributed by atoms with Crippen molar-refractivity contribution in [1.82, 2.24) is 25.0 Å². The Hall–Kier alpha value is -1.93. The third-order valence-electron chi connectivity index (χ3n) is 3.57. The summed E-state index contributed by atoms with van der Waals surface area (Å²) in [6, 6.07) is -0.00722. The summed E-state index contributed by atoms with van der Waals surface area (Å²) in [5.74, 6) is 2.14. The highest BCUT2D eigenvalue weighted by molar-refractivity contribution is 6.35. The number of nitrogens with two attached hydrogens (primary N) is 1. The van der Waals surface area contributed by atoms with E-state index in [1.165, 1.54) is 6.33 Å². The van der Waals surface area contributed by atoms with Crippen molar-refractivity contribution in [2.75, 3.05) is 37.3 Å². The second kappa shape index (κ2) is 5.45. The molecule has 112 valence electrons. The molecule has 2 aromatic heterocycles. The summed E-state index contributed by atoms with van der Waals surface area (Å²) in [7, 11) is 2.03. The van der Waals surface area contributed by atoms with Crippen LogP contribution >= 0.6 is 11.6 Å². The van der Waals surface area contributed by atoms with Gasteiger partial charge < -0.3 is 15.2 Å². The zero-order valence-electron chi connectivity index (χ0n) is 11.8. The van der Waals surface area contributed by atoms with Crippen LogP contribution in [0.25, 0.3) is 0 Å². The smallest absolute Gasteiger partial charge is 0.245 e. The Morgan fingerprint density at radius 1 is 1.38 bits per heavy atom. The largest absolute Gasteiger partial charge is 0.382 e. The van der Waals surface area contributed by atoms with Crippen LogP contribution in [0.1, 0.15) is 17.8 Å². The zero-order valence-corrected chi connectivity index (χ0v) is 12.6. The van der Waals surface area contributed by atoms with Crippen LogP contribution in [0, 0.1) is 6.92 Å². The molecule has 0 spiro atoms. The predicted molar refractivity (Wildman–Crippen MR) is 78.1 cm³/mol. The minimum Gasteiger partial charge on any atom is -0.382 e. The maximum atomic E-state index is 6.20. The molecule has 0 saturated carbocycles. The molecule has 0 aromatic carbocycles. The Balaban J connectivity index is 1.87. The van der Waals surface area contributed by atoms with E-state index in [-0.39, 0.29) is 11.9 Å². The van der Waals surface area contributed by atoms with Gasteiger partial charge in [-0.25, -0.2) is 9.97 Å². The van der Waals surface area contributed by atoms with Crippen molar-refractivity contribution in [2.24, 2.45) is 0 Å². The number of aryl methyl sites for hydroxylation is 1. The lowest BCUT2D eigenvalue weighted by Gasteiger charge is -2.38. The summed E-state index contributed by atoms with van der Waals surface area (Å²) in [6.45, 7) is 4.06. The Bertz CT molecular complexity index is 646. The molecule has 3 rings (SSSR count). The average molecular weight is 310 g/mol. The lowest BCUT2D eigenvalue weighted by molar-refractivity contribution is 0.177. The molecule has 2 N–H and O–H groups in total. The monoisotopic (exact) mass is 309 g/mol. The molecule has 3 heterocycles. The van der Waals surface area contributed by atoms with Crippen molar-refractivity contribution in [3.63, 3.8) is 0 Å². The molecule has 1 fully saturated rings. The predicted octanol–water partition coefficient (Wildman–Crippen LogP) is 0.897. The van der Waals surface area contributed by atoms with Gasteiger partial charge in [-0.1, -0.05) is 16.8 Å². The van der Waals surface area contributed by atoms with Crippen LogP contribution in [0.4, 0.5) is 11.6 Å². The molecule has 0 bridgehead atoms. The van der Waals surface area contributed by atoms with Crippen LogP contribution in [0.3, 0.4) is 0 Å². The van der Waals surface area contributed by atoms with E-state index in [1.807, 2.05) is 7.05 Å². The van der Waals surface area contributed by atoms with E-state index in [9.17, 15) is 0 Å². The number of hydrogen-bond acceptors (Lipinski definition) is 8. The lowest BCUT2D eigenvalue weighted by Crippen LogP contribution is -2.47. The van der Waals surface area contributed by atoms with Crippen molar-refractivity contribution < 1.29 is 4.52 Å². The maximum absolute atomic E-state index is 6.20. The van der Waals surface area contributed by atoms with E-state index in [4.69, 9.17) is 21.9 Å². The molecule has 0 aliphatic carbocycles. The Morgan fingerprint density at radius 3 is 2.90 bits per heavy atom. The van der Waals surface area contributed by atoms with Gasteiger partial charge in [0.05, 0.1) is 0 Å². The first-order valence-corrected chi connectivity index (χ1v) is 6.95. The fraction of sp³-hybridized carbons (Fsp3) is 0.500. The first-order valence-electron chi connectivity index (χ1n) is 6.57. The van der Waals surface area contributed by atoms with E-state index in [2.05, 4.69) is 29.9 Å². The minimum atomic E-state index is -0.00722. The van der Waals surface area contributed by atoms with Gasteiger partial charge in [0.1, 0.15) is 23.2 Å². The van der Waals surface area contributed by atoms with Gasteiger partial charge >= 0.3 is 0 Å². The van der Waals surface area contributed by atoms with Crippen LogP contribution in [0.15, 0.2) is 10.9 Å². The van der Waals surface area contributed by atoms with Gasteiger partial charge in [-0.3, -0.25) is 4.90 Å². The van der Waals surface area contributed by atoms with Crippen molar-refractivity contribution in [3.8, 4) is 0 Å². The van der Waals surface area contributed by atoms with Crippen LogP contribution in [-0.4, -0.2) is 51.7 Å². The van der Waals surface area contributed by atoms with Crippen LogP contribution in [0.2, 0.25) is 5.02 Å². The minimum absolute atomic E-state index is 0.00722. The Labute approximate surface area is 126 Å². The average Bonchev–Trinajstić information content (AvgIpc) is 2.89. The highest BCUT2D eigenvalue weighted by Crippen LogP contribution is 2.31. The number of hydrogen-bond donors (Lipinski definition) is 1. The fourth-order valence-corrected chi connectivity index (χ4v) is 2.59. The third-order valence-corrected chi connectivity index (χ3v) is 3.94. The molecule has 1 atom stereocenters. The normalized spacial score (nSPS) is 20.0. The van der Waals surface area contributed by atoms with Crippen molar-refractivity contribution >= 4 is 23.2 Å². The highest BCUT2D eigenvalue weighted by atomic mass is 35.5. The second-order valence-corrected chi connectivity index (χ2v) is 5.40. The Kier molecular flexibility index (Phi) is 3.64. The van der Waals surface area contributed by atoms with Gasteiger partial charge in [0.25, 0.3) is 0 Å². The molecule has 2 aromatic rings. The quantitative estimate of drug-likeness (QED) is 0.873. The molecule has 1 aliphatic heterocycles. The molecule has 1 aliphatic rings. The molecule has 8 nitrogen and oxygen atoms in total. The summed E-state index contributed by atoms with van der Waals surface area (Å²) in [5.41, 5.74) is 5.74. The van der Waals surface area contributed by atoms with Gasteiger partial charge in [0.15, 0.2) is 11.6 Å². The van der Waals surface area contributed by atoms with Crippen molar-refractivity contribution in [2.45, 2.75) is 13.0 Å². The van der Waals surface area contributed by atoms with Gasteiger partial charge in [-0.2, -0.15) is 4.98 Å². The molecule has 0 radical (unpaired) electrons. The SMILES string of the molecule is Cc1noc([C@@H]2CN(c3ncnc(N)c3Cl)CCN2C)n1. The van der Waals surface area contributed by atoms with Gasteiger partial charge in [0, 0.05) is 19.6 Å². The number of anilines is 2. The second-order valence-electron chi connectivity index (χ2n) is 5.02. The van der Waals surface area contributed by atoms with E-state index < -0.39 is 0 Å². The van der Waals surface area contributed by atoms with E-state index in [0.29, 0.717) is 29.1 Å². The van der Waals surface area contributed by atoms with Crippen LogP contribution in [0.5, 0.6) is 0 Å². The zero-order chi connectivity index (χ0) is 15.0. The summed E-state index contributed by atoms with van der Waals surface area (Å²) < 4.78 is 5.29. The molecular weight excluding hydrogens is 294 g/mol. The number of nitrogen functional groups attached to an aromatic ring is 1. The molecule has 1 saturated heterocycles. The number of aromatic nitrogens is 4. The van der Waals surface area contributed by atoms with Gasteiger partial charge in [-0.15, -0.1) is 0 Å². The molecule has 9 heteroatoms. The van der Waals surface area contributed by atoms with Crippen LogP contribution < -0.4 is 10.6 Å². The number of nitrogens with zero attached hydrogens (tertiary/aromatic N) is 6. The van der Waals surface area contributed by atoms with E-state index in [1.54, 1.807) is 6.92 Å². The number of likely N-dealkylation sites (N-methyl/N-ethyl adjacent to an activating group) is 1. The molecule has 0 amide bonds. The van der Waals surface area contributed by atoms with Gasteiger partial charge in [-0.05, 0) is 14.0 Å².